The van der Waals surface area contributed by atoms with Crippen molar-refractivity contribution in [2.24, 2.45) is 5.92 Å². The average Bonchev–Trinajstić information content (AvgIpc) is 3.30. The highest BCUT2D eigenvalue weighted by Crippen LogP contribution is 2.43. The molecule has 1 aliphatic heterocycles. The fourth-order valence-corrected chi connectivity index (χ4v) is 6.68. The fourth-order valence-electron chi connectivity index (χ4n) is 4.31. The molecule has 0 unspecified atom stereocenters. The van der Waals surface area contributed by atoms with Gasteiger partial charge in [-0.05, 0) is 41.3 Å². The number of carbonyl (C=O) groups is 1. The molecule has 1 atom stereocenters. The Morgan fingerprint density at radius 3 is 2.59 bits per heavy atom. The molecule has 6 nitrogen and oxygen atoms in total. The van der Waals surface area contributed by atoms with Crippen LogP contribution in [0.15, 0.2) is 57.9 Å². The third kappa shape index (κ3) is 5.59. The van der Waals surface area contributed by atoms with E-state index in [0.29, 0.717) is 11.0 Å². The van der Waals surface area contributed by atoms with E-state index in [2.05, 4.69) is 58.2 Å². The first-order valence-corrected chi connectivity index (χ1v) is 14.5. The van der Waals surface area contributed by atoms with Crippen molar-refractivity contribution >= 4 is 48.1 Å². The molecule has 2 heterocycles. The van der Waals surface area contributed by atoms with Gasteiger partial charge in [-0.3, -0.25) is 9.69 Å². The van der Waals surface area contributed by atoms with Crippen molar-refractivity contribution in [1.82, 2.24) is 9.88 Å². The molecule has 0 radical (unpaired) electrons. The summed E-state index contributed by atoms with van der Waals surface area (Å²) < 4.78 is 25.0. The Bertz CT molecular complexity index is 1290. The molecule has 4 rings (SSSR count). The van der Waals surface area contributed by atoms with E-state index < -0.39 is 9.84 Å². The van der Waals surface area contributed by atoms with Crippen LogP contribution in [0.2, 0.25) is 0 Å². The standard InChI is InChI=1S/C25H28BrN3O3S2/c1-4-34(31,32)20-10-8-17(9-11-20)13-22(30)27-25-28-23-21(33-25)15-29(24(23)16(2)3)14-18-6-5-7-19(26)12-18/h5-12,16,24H,4,13-15H2,1-3H3,(H,27,28,30)/t24-/m1/s1. The normalized spacial score (nSPS) is 16.1. The molecule has 34 heavy (non-hydrogen) atoms. The van der Waals surface area contributed by atoms with Crippen LogP contribution in [0.25, 0.3) is 0 Å². The largest absolute Gasteiger partial charge is 0.302 e. The van der Waals surface area contributed by atoms with Gasteiger partial charge >= 0.3 is 0 Å². The number of benzene rings is 2. The highest BCUT2D eigenvalue weighted by atomic mass is 79.9. The molecule has 0 saturated carbocycles. The van der Waals surface area contributed by atoms with Crippen molar-refractivity contribution in [3.63, 3.8) is 0 Å². The molecule has 2 aromatic carbocycles. The summed E-state index contributed by atoms with van der Waals surface area (Å²) in [5.74, 6) is 0.279. The number of rotatable bonds is 8. The van der Waals surface area contributed by atoms with Gasteiger partial charge in [0.15, 0.2) is 15.0 Å². The number of hydrogen-bond donors (Lipinski definition) is 1. The van der Waals surface area contributed by atoms with Crippen molar-refractivity contribution in [3.05, 3.63) is 74.7 Å². The summed E-state index contributed by atoms with van der Waals surface area (Å²) in [6.07, 6.45) is 0.166. The van der Waals surface area contributed by atoms with Crippen LogP contribution >= 0.6 is 27.3 Å². The second-order valence-corrected chi connectivity index (χ2v) is 13.1. The lowest BCUT2D eigenvalue weighted by Crippen LogP contribution is -2.26. The minimum atomic E-state index is -3.24. The van der Waals surface area contributed by atoms with Crippen molar-refractivity contribution in [1.29, 1.82) is 0 Å². The number of hydrogen-bond acceptors (Lipinski definition) is 6. The summed E-state index contributed by atoms with van der Waals surface area (Å²) in [6, 6.07) is 15.1. The van der Waals surface area contributed by atoms with Crippen LogP contribution in [0.1, 0.15) is 48.5 Å². The Hall–Kier alpha value is -2.07. The Morgan fingerprint density at radius 2 is 1.94 bits per heavy atom. The van der Waals surface area contributed by atoms with Crippen molar-refractivity contribution < 1.29 is 13.2 Å². The van der Waals surface area contributed by atoms with E-state index in [0.717, 1.165) is 28.8 Å². The Labute approximate surface area is 213 Å². The van der Waals surface area contributed by atoms with Gasteiger partial charge in [-0.15, -0.1) is 11.3 Å². The maximum absolute atomic E-state index is 12.6. The molecular formula is C25H28BrN3O3S2. The summed E-state index contributed by atoms with van der Waals surface area (Å²) >= 11 is 5.09. The number of sulfone groups is 1. The zero-order valence-corrected chi connectivity index (χ0v) is 22.6. The summed E-state index contributed by atoms with van der Waals surface area (Å²) in [4.78, 5) is 21.3. The first-order valence-electron chi connectivity index (χ1n) is 11.3. The molecule has 1 amide bonds. The number of nitrogens with zero attached hydrogens (tertiary/aromatic N) is 2. The molecule has 3 aromatic rings. The van der Waals surface area contributed by atoms with E-state index in [1.54, 1.807) is 31.2 Å². The van der Waals surface area contributed by atoms with Crippen LogP contribution in [0.4, 0.5) is 5.13 Å². The molecule has 0 saturated heterocycles. The molecular weight excluding hydrogens is 534 g/mol. The van der Waals surface area contributed by atoms with Gasteiger partial charge in [0.2, 0.25) is 5.91 Å². The monoisotopic (exact) mass is 561 g/mol. The van der Waals surface area contributed by atoms with Gasteiger partial charge in [0.25, 0.3) is 0 Å². The predicted molar refractivity (Wildman–Crippen MR) is 140 cm³/mol. The second-order valence-electron chi connectivity index (χ2n) is 8.82. The van der Waals surface area contributed by atoms with Crippen LogP contribution in [0.3, 0.4) is 0 Å². The molecule has 180 valence electrons. The Kier molecular flexibility index (Phi) is 7.57. The highest BCUT2D eigenvalue weighted by Gasteiger charge is 2.36. The minimum absolute atomic E-state index is 0.0548. The second kappa shape index (κ2) is 10.3. The molecule has 0 aliphatic carbocycles. The third-order valence-corrected chi connectivity index (χ3v) is 9.14. The zero-order chi connectivity index (χ0) is 24.5. The van der Waals surface area contributed by atoms with E-state index in [1.807, 2.05) is 6.07 Å². The number of nitrogens with one attached hydrogen (secondary N) is 1. The number of halogens is 1. The number of amides is 1. The predicted octanol–water partition coefficient (Wildman–Crippen LogP) is 5.59. The van der Waals surface area contributed by atoms with Gasteiger partial charge in [-0.25, -0.2) is 13.4 Å². The van der Waals surface area contributed by atoms with Gasteiger partial charge in [-0.1, -0.05) is 61.0 Å². The van der Waals surface area contributed by atoms with Crippen molar-refractivity contribution in [2.75, 3.05) is 11.1 Å². The molecule has 1 aliphatic rings. The van der Waals surface area contributed by atoms with Crippen LogP contribution in [0, 0.1) is 5.92 Å². The van der Waals surface area contributed by atoms with E-state index in [1.165, 1.54) is 21.8 Å². The van der Waals surface area contributed by atoms with E-state index in [4.69, 9.17) is 4.98 Å². The fraction of sp³-hybridized carbons (Fsp3) is 0.360. The van der Waals surface area contributed by atoms with Gasteiger partial charge in [0.1, 0.15) is 0 Å². The number of carbonyl (C=O) groups excluding carboxylic acids is 1. The third-order valence-electron chi connectivity index (χ3n) is 5.93. The molecule has 9 heteroatoms. The number of thiazole rings is 1. The zero-order valence-electron chi connectivity index (χ0n) is 19.4. The SMILES string of the molecule is CCS(=O)(=O)c1ccc(CC(=O)Nc2nc3c(s2)CN(Cc2cccc(Br)c2)[C@@H]3C(C)C)cc1. The summed E-state index contributed by atoms with van der Waals surface area (Å²) in [7, 11) is -3.24. The number of fused-ring (bicyclic) bond motifs is 1. The maximum Gasteiger partial charge on any atom is 0.230 e. The maximum atomic E-state index is 12.6. The Balaban J connectivity index is 1.42. The lowest BCUT2D eigenvalue weighted by atomic mass is 10.0. The summed E-state index contributed by atoms with van der Waals surface area (Å²) in [5, 5.41) is 3.55. The van der Waals surface area contributed by atoms with E-state index in [9.17, 15) is 13.2 Å². The molecule has 1 N–H and O–H groups in total. The summed E-state index contributed by atoms with van der Waals surface area (Å²) in [6.45, 7) is 7.68. The van der Waals surface area contributed by atoms with Crippen molar-refractivity contribution in [2.45, 2.75) is 51.2 Å². The van der Waals surface area contributed by atoms with Crippen LogP contribution in [0.5, 0.6) is 0 Å². The first-order chi connectivity index (χ1) is 16.2. The van der Waals surface area contributed by atoms with Gasteiger partial charge in [0, 0.05) is 22.4 Å². The topological polar surface area (TPSA) is 79.4 Å². The van der Waals surface area contributed by atoms with Crippen LogP contribution < -0.4 is 5.32 Å². The lowest BCUT2D eigenvalue weighted by molar-refractivity contribution is -0.115. The van der Waals surface area contributed by atoms with Crippen LogP contribution in [-0.2, 0) is 34.1 Å². The minimum Gasteiger partial charge on any atom is -0.302 e. The highest BCUT2D eigenvalue weighted by molar-refractivity contribution is 9.10. The van der Waals surface area contributed by atoms with Crippen molar-refractivity contribution in [3.8, 4) is 0 Å². The first kappa shape index (κ1) is 25.0. The van der Waals surface area contributed by atoms with Gasteiger partial charge in [-0.2, -0.15) is 0 Å². The van der Waals surface area contributed by atoms with Gasteiger partial charge < -0.3 is 5.32 Å². The van der Waals surface area contributed by atoms with E-state index in [-0.39, 0.29) is 29.0 Å². The number of anilines is 1. The molecule has 0 bridgehead atoms. The number of aromatic nitrogens is 1. The molecule has 0 spiro atoms. The van der Waals surface area contributed by atoms with E-state index >= 15 is 0 Å². The molecule has 1 aromatic heterocycles. The summed E-state index contributed by atoms with van der Waals surface area (Å²) in [5.41, 5.74) is 3.07. The van der Waals surface area contributed by atoms with Crippen LogP contribution in [-0.4, -0.2) is 30.0 Å². The lowest BCUT2D eigenvalue weighted by Gasteiger charge is -2.27. The Morgan fingerprint density at radius 1 is 1.21 bits per heavy atom. The smallest absolute Gasteiger partial charge is 0.230 e. The van der Waals surface area contributed by atoms with Gasteiger partial charge in [0.05, 0.1) is 28.8 Å². The molecule has 0 fully saturated rings. The average molecular weight is 563 g/mol. The quantitative estimate of drug-likeness (QED) is 0.387.